The molecule has 0 radical (unpaired) electrons. The van der Waals surface area contributed by atoms with Gasteiger partial charge >= 0.3 is 5.69 Å². The zero-order chi connectivity index (χ0) is 21.5. The van der Waals surface area contributed by atoms with Crippen molar-refractivity contribution in [2.75, 3.05) is 0 Å². The Morgan fingerprint density at radius 3 is 2.27 bits per heavy atom. The lowest BCUT2D eigenvalue weighted by molar-refractivity contribution is 0.388. The third-order valence-corrected chi connectivity index (χ3v) is 5.81. The number of H-pyrrole nitrogens is 2. The molecule has 158 valence electrons. The molecule has 0 atom stereocenters. The molecule has 4 rings (SSSR count). The molecule has 0 aliphatic heterocycles. The Balaban J connectivity index is 0.00000124. The van der Waals surface area contributed by atoms with E-state index < -0.39 is 5.69 Å². The number of aromatic nitrogens is 3. The summed E-state index contributed by atoms with van der Waals surface area (Å²) < 4.78 is 0. The molecule has 1 aliphatic rings. The first kappa shape index (κ1) is 21.8. The number of nitrogens with one attached hydrogen (secondary N) is 2. The van der Waals surface area contributed by atoms with Gasteiger partial charge in [0.2, 0.25) is 0 Å². The van der Waals surface area contributed by atoms with Crippen LogP contribution in [0, 0.1) is 6.92 Å². The van der Waals surface area contributed by atoms with Crippen molar-refractivity contribution in [2.24, 2.45) is 0 Å². The maximum Gasteiger partial charge on any atom is 0.325 e. The fraction of sp³-hybridized carbons (Fsp3) is 0.400. The third-order valence-electron chi connectivity index (χ3n) is 5.81. The van der Waals surface area contributed by atoms with E-state index in [-0.39, 0.29) is 11.5 Å². The molecule has 1 aliphatic carbocycles. The molecule has 1 fully saturated rings. The number of benzene rings is 1. The second-order valence-electron chi connectivity index (χ2n) is 7.76. The Labute approximate surface area is 177 Å². The molecular weight excluding hydrogens is 374 g/mol. The maximum absolute atomic E-state index is 12.6. The molecule has 0 bridgehead atoms. The first-order valence-corrected chi connectivity index (χ1v) is 10.9. The van der Waals surface area contributed by atoms with E-state index >= 15 is 0 Å². The summed E-state index contributed by atoms with van der Waals surface area (Å²) in [5, 5.41) is 0. The molecule has 2 heterocycles. The van der Waals surface area contributed by atoms with E-state index in [1.54, 1.807) is 6.20 Å². The normalized spacial score (nSPS) is 18.4. The second-order valence-corrected chi connectivity index (χ2v) is 7.76. The lowest BCUT2D eigenvalue weighted by Gasteiger charge is -2.29. The molecule has 2 N–H and O–H groups in total. The molecule has 0 spiro atoms. The molecule has 0 unspecified atom stereocenters. The van der Waals surface area contributed by atoms with Crippen LogP contribution in [0.3, 0.4) is 0 Å². The summed E-state index contributed by atoms with van der Waals surface area (Å²) in [7, 11) is 0. The van der Waals surface area contributed by atoms with Crippen LogP contribution in [-0.4, -0.2) is 15.0 Å². The number of aromatic amines is 2. The van der Waals surface area contributed by atoms with Gasteiger partial charge < -0.3 is 4.98 Å². The Hall–Kier alpha value is -2.95. The van der Waals surface area contributed by atoms with Crippen LogP contribution in [-0.2, 0) is 6.42 Å². The van der Waals surface area contributed by atoms with Crippen LogP contribution in [0.2, 0.25) is 0 Å². The van der Waals surface area contributed by atoms with Crippen LogP contribution < -0.4 is 11.2 Å². The predicted molar refractivity (Wildman–Crippen MR) is 121 cm³/mol. The predicted octanol–water partition coefficient (Wildman–Crippen LogP) is 4.83. The van der Waals surface area contributed by atoms with Crippen molar-refractivity contribution in [1.29, 1.82) is 0 Å². The summed E-state index contributed by atoms with van der Waals surface area (Å²) in [6.45, 7) is 6.01. The highest BCUT2D eigenvalue weighted by molar-refractivity contribution is 5.28. The molecule has 5 heteroatoms. The Morgan fingerprint density at radius 1 is 0.933 bits per heavy atom. The van der Waals surface area contributed by atoms with Gasteiger partial charge in [-0.2, -0.15) is 0 Å². The molecule has 3 aromatic rings. The molecular formula is C25H31N3O2. The minimum atomic E-state index is -0.425. The lowest BCUT2D eigenvalue weighted by Crippen LogP contribution is -2.30. The van der Waals surface area contributed by atoms with Gasteiger partial charge in [0.15, 0.2) is 0 Å². The van der Waals surface area contributed by atoms with Crippen LogP contribution >= 0.6 is 0 Å². The van der Waals surface area contributed by atoms with Crippen molar-refractivity contribution in [3.8, 4) is 0 Å². The quantitative estimate of drug-likeness (QED) is 0.653. The minimum Gasteiger partial charge on any atom is -0.311 e. The van der Waals surface area contributed by atoms with Gasteiger partial charge in [0, 0.05) is 29.6 Å². The zero-order valence-corrected chi connectivity index (χ0v) is 18.1. The number of hydrogen-bond donors (Lipinski definition) is 2. The van der Waals surface area contributed by atoms with E-state index in [1.807, 2.05) is 39.0 Å². The van der Waals surface area contributed by atoms with Gasteiger partial charge in [0.05, 0.1) is 0 Å². The Morgan fingerprint density at radius 2 is 1.60 bits per heavy atom. The van der Waals surface area contributed by atoms with Crippen molar-refractivity contribution < 1.29 is 0 Å². The van der Waals surface area contributed by atoms with Crippen molar-refractivity contribution in [1.82, 2.24) is 15.0 Å². The SMILES string of the molecule is CC.Cc1ccnc(Cc2c(C3CCC(c4ccccc4)CC3)[nH]c(=O)[nH]c2=O)c1. The molecule has 1 aromatic carbocycles. The van der Waals surface area contributed by atoms with Gasteiger partial charge in [-0.25, -0.2) is 4.79 Å². The molecule has 2 aromatic heterocycles. The summed E-state index contributed by atoms with van der Waals surface area (Å²) >= 11 is 0. The van der Waals surface area contributed by atoms with Crippen molar-refractivity contribution in [2.45, 2.75) is 64.7 Å². The average molecular weight is 406 g/mol. The highest BCUT2D eigenvalue weighted by atomic mass is 16.2. The summed E-state index contributed by atoms with van der Waals surface area (Å²) in [6.07, 6.45) is 6.24. The second kappa shape index (κ2) is 10.2. The number of pyridine rings is 1. The zero-order valence-electron chi connectivity index (χ0n) is 18.1. The van der Waals surface area contributed by atoms with E-state index in [4.69, 9.17) is 0 Å². The van der Waals surface area contributed by atoms with Crippen LogP contribution in [0.15, 0.2) is 58.3 Å². The van der Waals surface area contributed by atoms with Crippen LogP contribution in [0.1, 0.15) is 79.4 Å². The largest absolute Gasteiger partial charge is 0.325 e. The summed E-state index contributed by atoms with van der Waals surface area (Å²) in [4.78, 5) is 34.3. The monoisotopic (exact) mass is 405 g/mol. The van der Waals surface area contributed by atoms with Gasteiger partial charge in [0.25, 0.3) is 5.56 Å². The molecule has 5 nitrogen and oxygen atoms in total. The number of aryl methyl sites for hydroxylation is 1. The van der Waals surface area contributed by atoms with Crippen molar-refractivity contribution in [3.05, 3.63) is 97.6 Å². The van der Waals surface area contributed by atoms with E-state index in [9.17, 15) is 9.59 Å². The topological polar surface area (TPSA) is 78.6 Å². The number of nitrogens with zero attached hydrogens (tertiary/aromatic N) is 1. The summed E-state index contributed by atoms with van der Waals surface area (Å²) in [5.41, 5.74) is 4.04. The molecule has 0 amide bonds. The maximum atomic E-state index is 12.6. The van der Waals surface area contributed by atoms with Crippen LogP contribution in [0.4, 0.5) is 0 Å². The van der Waals surface area contributed by atoms with E-state index in [0.29, 0.717) is 17.9 Å². The highest BCUT2D eigenvalue weighted by Gasteiger charge is 2.27. The Kier molecular flexibility index (Phi) is 7.39. The summed E-state index contributed by atoms with van der Waals surface area (Å²) in [6, 6.07) is 14.5. The smallest absolute Gasteiger partial charge is 0.311 e. The van der Waals surface area contributed by atoms with E-state index in [1.165, 1.54) is 5.56 Å². The lowest BCUT2D eigenvalue weighted by atomic mass is 9.76. The van der Waals surface area contributed by atoms with E-state index in [0.717, 1.165) is 42.6 Å². The van der Waals surface area contributed by atoms with Gasteiger partial charge in [-0.1, -0.05) is 44.2 Å². The van der Waals surface area contributed by atoms with Gasteiger partial charge in [-0.3, -0.25) is 14.8 Å². The average Bonchev–Trinajstić information content (AvgIpc) is 2.78. The first-order chi connectivity index (χ1) is 14.6. The standard InChI is InChI=1S/C23H25N3O2.C2H6/c1-15-11-12-24-19(13-15)14-20-21(25-23(28)26-22(20)27)18-9-7-17(8-10-18)16-5-3-2-4-6-16;1-2/h2-6,11-13,17-18H,7-10,14H2,1H3,(H2,25,26,27,28);1-2H3. The Bertz CT molecular complexity index is 1060. The first-order valence-electron chi connectivity index (χ1n) is 10.9. The van der Waals surface area contributed by atoms with E-state index in [2.05, 4.69) is 39.2 Å². The third kappa shape index (κ3) is 5.15. The van der Waals surface area contributed by atoms with Crippen LogP contribution in [0.5, 0.6) is 0 Å². The number of rotatable bonds is 4. The van der Waals surface area contributed by atoms with Gasteiger partial charge in [-0.15, -0.1) is 0 Å². The minimum absolute atomic E-state index is 0.203. The van der Waals surface area contributed by atoms with Crippen molar-refractivity contribution >= 4 is 0 Å². The van der Waals surface area contributed by atoms with Crippen LogP contribution in [0.25, 0.3) is 0 Å². The fourth-order valence-corrected chi connectivity index (χ4v) is 4.37. The molecule has 0 saturated heterocycles. The van der Waals surface area contributed by atoms with Crippen molar-refractivity contribution in [3.63, 3.8) is 0 Å². The highest BCUT2D eigenvalue weighted by Crippen LogP contribution is 2.40. The summed E-state index contributed by atoms with van der Waals surface area (Å²) in [5.74, 6) is 0.753. The van der Waals surface area contributed by atoms with Gasteiger partial charge in [0.1, 0.15) is 0 Å². The molecule has 1 saturated carbocycles. The fourth-order valence-electron chi connectivity index (χ4n) is 4.37. The molecule has 30 heavy (non-hydrogen) atoms. The van der Waals surface area contributed by atoms with Gasteiger partial charge in [-0.05, 0) is 67.7 Å². The number of hydrogen-bond acceptors (Lipinski definition) is 3.